The van der Waals surface area contributed by atoms with E-state index in [9.17, 15) is 4.79 Å². The van der Waals surface area contributed by atoms with Gasteiger partial charge in [-0.2, -0.15) is 0 Å². The van der Waals surface area contributed by atoms with Gasteiger partial charge < -0.3 is 16.2 Å². The Morgan fingerprint density at radius 3 is 2.56 bits per heavy atom. The van der Waals surface area contributed by atoms with Crippen molar-refractivity contribution in [2.45, 2.75) is 25.8 Å². The van der Waals surface area contributed by atoms with Gasteiger partial charge in [0, 0.05) is 18.2 Å². The Balaban J connectivity index is 2.60. The van der Waals surface area contributed by atoms with E-state index < -0.39 is 0 Å². The smallest absolute Gasteiger partial charge is 0.251 e. The van der Waals surface area contributed by atoms with Crippen LogP contribution in [0.4, 0.5) is 0 Å². The number of nitrogens with two attached hydrogens (primary N) is 1. The van der Waals surface area contributed by atoms with Crippen LogP contribution in [0.2, 0.25) is 0 Å². The average molecular weight is 222 g/mol. The van der Waals surface area contributed by atoms with Crippen molar-refractivity contribution in [3.8, 4) is 5.75 Å². The lowest BCUT2D eigenvalue weighted by atomic mass is 10.1. The normalized spacial score (nSPS) is 12.1. The number of benzene rings is 1. The van der Waals surface area contributed by atoms with Gasteiger partial charge in [-0.05, 0) is 30.7 Å². The predicted octanol–water partition coefficient (Wildman–Crippen LogP) is 1.25. The summed E-state index contributed by atoms with van der Waals surface area (Å²) >= 11 is 0. The van der Waals surface area contributed by atoms with Gasteiger partial charge in [0.05, 0.1) is 0 Å². The van der Waals surface area contributed by atoms with Gasteiger partial charge in [-0.1, -0.05) is 13.3 Å². The molecule has 88 valence electrons. The number of phenols is 1. The molecule has 0 saturated carbocycles. The molecule has 0 aromatic heterocycles. The van der Waals surface area contributed by atoms with Crippen LogP contribution in [0.3, 0.4) is 0 Å². The zero-order chi connectivity index (χ0) is 12.0. The number of amides is 1. The molecule has 0 aliphatic carbocycles. The van der Waals surface area contributed by atoms with Crippen LogP contribution >= 0.6 is 0 Å². The zero-order valence-corrected chi connectivity index (χ0v) is 9.44. The number of hydrogen-bond donors (Lipinski definition) is 3. The number of nitrogens with one attached hydrogen (secondary N) is 1. The Hall–Kier alpha value is -1.55. The lowest BCUT2D eigenvalue weighted by Gasteiger charge is -2.15. The predicted molar refractivity (Wildman–Crippen MR) is 63.3 cm³/mol. The van der Waals surface area contributed by atoms with Crippen molar-refractivity contribution in [3.05, 3.63) is 29.8 Å². The van der Waals surface area contributed by atoms with Gasteiger partial charge in [0.25, 0.3) is 5.91 Å². The van der Waals surface area contributed by atoms with Crippen LogP contribution in [0.1, 0.15) is 30.1 Å². The van der Waals surface area contributed by atoms with Gasteiger partial charge in [-0.15, -0.1) is 0 Å². The maximum atomic E-state index is 11.8. The molecule has 0 spiro atoms. The molecular weight excluding hydrogens is 204 g/mol. The maximum absolute atomic E-state index is 11.8. The van der Waals surface area contributed by atoms with Gasteiger partial charge in [-0.25, -0.2) is 0 Å². The molecule has 0 radical (unpaired) electrons. The number of carbonyl (C=O) groups is 1. The Morgan fingerprint density at radius 2 is 2.06 bits per heavy atom. The Labute approximate surface area is 95.5 Å². The first-order valence-electron chi connectivity index (χ1n) is 5.47. The fourth-order valence-corrected chi connectivity index (χ4v) is 1.48. The minimum absolute atomic E-state index is 0.0197. The quantitative estimate of drug-likeness (QED) is 0.701. The molecule has 0 fully saturated rings. The van der Waals surface area contributed by atoms with Crippen LogP contribution in [-0.2, 0) is 0 Å². The molecule has 4 nitrogen and oxygen atoms in total. The van der Waals surface area contributed by atoms with E-state index in [0.29, 0.717) is 12.1 Å². The van der Waals surface area contributed by atoms with Crippen molar-refractivity contribution in [1.29, 1.82) is 0 Å². The molecule has 1 unspecified atom stereocenters. The summed E-state index contributed by atoms with van der Waals surface area (Å²) < 4.78 is 0. The summed E-state index contributed by atoms with van der Waals surface area (Å²) in [5, 5.41) is 12.0. The molecule has 1 rings (SSSR count). The first-order chi connectivity index (χ1) is 7.67. The Morgan fingerprint density at radius 1 is 1.44 bits per heavy atom. The number of aromatic hydroxyl groups is 1. The van der Waals surface area contributed by atoms with E-state index in [4.69, 9.17) is 10.8 Å². The zero-order valence-electron chi connectivity index (χ0n) is 9.44. The van der Waals surface area contributed by atoms with Crippen molar-refractivity contribution < 1.29 is 9.90 Å². The summed E-state index contributed by atoms with van der Waals surface area (Å²) in [5.41, 5.74) is 6.09. The molecule has 0 saturated heterocycles. The van der Waals surface area contributed by atoms with E-state index in [2.05, 4.69) is 12.2 Å². The summed E-state index contributed by atoms with van der Waals surface area (Å²) in [4.78, 5) is 11.8. The minimum Gasteiger partial charge on any atom is -0.508 e. The van der Waals surface area contributed by atoms with E-state index in [0.717, 1.165) is 12.8 Å². The van der Waals surface area contributed by atoms with Crippen LogP contribution in [-0.4, -0.2) is 23.6 Å². The molecule has 4 N–H and O–H groups in total. The topological polar surface area (TPSA) is 75.3 Å². The van der Waals surface area contributed by atoms with E-state index in [1.165, 1.54) is 12.1 Å². The molecule has 4 heteroatoms. The first kappa shape index (κ1) is 12.5. The maximum Gasteiger partial charge on any atom is 0.251 e. The summed E-state index contributed by atoms with van der Waals surface area (Å²) in [6.07, 6.45) is 1.86. The van der Waals surface area contributed by atoms with Crippen LogP contribution < -0.4 is 11.1 Å². The van der Waals surface area contributed by atoms with E-state index in [1.807, 2.05) is 0 Å². The van der Waals surface area contributed by atoms with Crippen molar-refractivity contribution in [1.82, 2.24) is 5.32 Å². The molecule has 0 heterocycles. The second-order valence-electron chi connectivity index (χ2n) is 3.74. The molecule has 0 aliphatic rings. The highest BCUT2D eigenvalue weighted by atomic mass is 16.3. The van der Waals surface area contributed by atoms with Crippen LogP contribution in [0.5, 0.6) is 5.75 Å². The third-order valence-corrected chi connectivity index (χ3v) is 2.39. The lowest BCUT2D eigenvalue weighted by Crippen LogP contribution is -2.40. The fourth-order valence-electron chi connectivity index (χ4n) is 1.48. The van der Waals surface area contributed by atoms with Gasteiger partial charge in [-0.3, -0.25) is 4.79 Å². The highest BCUT2D eigenvalue weighted by molar-refractivity contribution is 5.94. The third kappa shape index (κ3) is 3.55. The molecule has 1 aromatic rings. The van der Waals surface area contributed by atoms with Crippen molar-refractivity contribution in [2.24, 2.45) is 5.73 Å². The SMILES string of the molecule is CCCC(CN)NC(=O)c1ccc(O)cc1. The first-order valence-corrected chi connectivity index (χ1v) is 5.47. The van der Waals surface area contributed by atoms with E-state index in [1.54, 1.807) is 12.1 Å². The fraction of sp³-hybridized carbons (Fsp3) is 0.417. The molecule has 0 bridgehead atoms. The van der Waals surface area contributed by atoms with Gasteiger partial charge in [0.15, 0.2) is 0 Å². The highest BCUT2D eigenvalue weighted by Crippen LogP contribution is 2.09. The Kier molecular flexibility index (Phi) is 4.79. The van der Waals surface area contributed by atoms with Crippen LogP contribution in [0.15, 0.2) is 24.3 Å². The monoisotopic (exact) mass is 222 g/mol. The van der Waals surface area contributed by atoms with E-state index >= 15 is 0 Å². The standard InChI is InChI=1S/C12H18N2O2/c1-2-3-10(8-13)14-12(16)9-4-6-11(15)7-5-9/h4-7,10,15H,2-3,8,13H2,1H3,(H,14,16). The molecule has 1 aromatic carbocycles. The molecular formula is C12H18N2O2. The van der Waals surface area contributed by atoms with Crippen molar-refractivity contribution in [3.63, 3.8) is 0 Å². The Bertz CT molecular complexity index is 335. The minimum atomic E-state index is -0.149. The average Bonchev–Trinajstić information content (AvgIpc) is 2.29. The molecule has 0 aliphatic heterocycles. The number of phenolic OH excluding ortho intramolecular Hbond substituents is 1. The van der Waals surface area contributed by atoms with Gasteiger partial charge >= 0.3 is 0 Å². The number of rotatable bonds is 5. The van der Waals surface area contributed by atoms with Crippen LogP contribution in [0.25, 0.3) is 0 Å². The number of hydrogen-bond acceptors (Lipinski definition) is 3. The summed E-state index contributed by atoms with van der Waals surface area (Å²) in [5.74, 6) is 0.00406. The molecule has 16 heavy (non-hydrogen) atoms. The van der Waals surface area contributed by atoms with Crippen molar-refractivity contribution >= 4 is 5.91 Å². The molecule has 1 amide bonds. The second-order valence-corrected chi connectivity index (χ2v) is 3.74. The summed E-state index contributed by atoms with van der Waals surface area (Å²) in [7, 11) is 0. The largest absolute Gasteiger partial charge is 0.508 e. The number of carbonyl (C=O) groups excluding carboxylic acids is 1. The molecule has 1 atom stereocenters. The highest BCUT2D eigenvalue weighted by Gasteiger charge is 2.11. The summed E-state index contributed by atoms with van der Waals surface area (Å²) in [6.45, 7) is 2.49. The van der Waals surface area contributed by atoms with Crippen LogP contribution in [0, 0.1) is 0 Å². The summed E-state index contributed by atoms with van der Waals surface area (Å²) in [6, 6.07) is 6.18. The van der Waals surface area contributed by atoms with E-state index in [-0.39, 0.29) is 17.7 Å². The third-order valence-electron chi connectivity index (χ3n) is 2.39. The lowest BCUT2D eigenvalue weighted by molar-refractivity contribution is 0.0936. The van der Waals surface area contributed by atoms with Gasteiger partial charge in [0.2, 0.25) is 0 Å². The second kappa shape index (κ2) is 6.12. The van der Waals surface area contributed by atoms with Gasteiger partial charge in [0.1, 0.15) is 5.75 Å². The van der Waals surface area contributed by atoms with Crippen molar-refractivity contribution in [2.75, 3.05) is 6.54 Å².